The van der Waals surface area contributed by atoms with Crippen LogP contribution >= 0.6 is 0 Å². The molecule has 5 nitrogen and oxygen atoms in total. The van der Waals surface area contributed by atoms with Crippen molar-refractivity contribution in [2.24, 2.45) is 5.92 Å². The monoisotopic (exact) mass is 316 g/mol. The zero-order chi connectivity index (χ0) is 15.9. The number of hydrogen-bond donors (Lipinski definition) is 0. The molecule has 5 heteroatoms. The number of aromatic nitrogens is 1. The van der Waals surface area contributed by atoms with E-state index in [-0.39, 0.29) is 17.6 Å². The van der Waals surface area contributed by atoms with Gasteiger partial charge in [0.2, 0.25) is 0 Å². The van der Waals surface area contributed by atoms with E-state index < -0.39 is 0 Å². The number of carbonyl (C=O) groups excluding carboxylic acids is 1. The van der Waals surface area contributed by atoms with Crippen LogP contribution in [0, 0.1) is 12.8 Å². The lowest BCUT2D eigenvalue weighted by Crippen LogP contribution is -2.36. The van der Waals surface area contributed by atoms with Gasteiger partial charge in [-0.25, -0.2) is 4.98 Å². The quantitative estimate of drug-likeness (QED) is 0.854. The second-order valence-corrected chi connectivity index (χ2v) is 7.24. The molecule has 0 aromatic carbocycles. The van der Waals surface area contributed by atoms with Crippen LogP contribution in [0.15, 0.2) is 18.2 Å². The highest BCUT2D eigenvalue weighted by Crippen LogP contribution is 2.38. The molecule has 23 heavy (non-hydrogen) atoms. The molecule has 3 fully saturated rings. The standard InChI is InChI=1S/C18H24N2O3/c1-13-3-2-4-16(19-13)17(21)20-8-7-18(12-20)9-15(11-23-18)22-10-14-5-6-14/h2-4,14-15H,5-12H2,1H3. The maximum Gasteiger partial charge on any atom is 0.272 e. The van der Waals surface area contributed by atoms with Crippen LogP contribution in [0.25, 0.3) is 0 Å². The van der Waals surface area contributed by atoms with E-state index in [9.17, 15) is 4.79 Å². The maximum atomic E-state index is 12.6. The van der Waals surface area contributed by atoms with Gasteiger partial charge in [0.1, 0.15) is 5.69 Å². The van der Waals surface area contributed by atoms with Gasteiger partial charge in [-0.1, -0.05) is 6.07 Å². The van der Waals surface area contributed by atoms with Crippen molar-refractivity contribution in [3.8, 4) is 0 Å². The van der Waals surface area contributed by atoms with E-state index in [0.29, 0.717) is 18.8 Å². The fourth-order valence-corrected chi connectivity index (χ4v) is 3.59. The largest absolute Gasteiger partial charge is 0.375 e. The van der Waals surface area contributed by atoms with Crippen molar-refractivity contribution in [2.45, 2.75) is 44.3 Å². The zero-order valence-corrected chi connectivity index (χ0v) is 13.7. The summed E-state index contributed by atoms with van der Waals surface area (Å²) in [6.07, 6.45) is 4.62. The number of ether oxygens (including phenoxy) is 2. The lowest BCUT2D eigenvalue weighted by atomic mass is 9.98. The first kappa shape index (κ1) is 15.1. The van der Waals surface area contributed by atoms with Gasteiger partial charge < -0.3 is 14.4 Å². The minimum Gasteiger partial charge on any atom is -0.375 e. The highest BCUT2D eigenvalue weighted by atomic mass is 16.6. The Labute approximate surface area is 137 Å². The molecular weight excluding hydrogens is 292 g/mol. The van der Waals surface area contributed by atoms with E-state index in [4.69, 9.17) is 9.47 Å². The van der Waals surface area contributed by atoms with E-state index in [2.05, 4.69) is 4.98 Å². The fourth-order valence-electron chi connectivity index (χ4n) is 3.59. The molecule has 3 heterocycles. The fraction of sp³-hybridized carbons (Fsp3) is 0.667. The number of hydrogen-bond acceptors (Lipinski definition) is 4. The molecule has 1 spiro atoms. The third kappa shape index (κ3) is 3.26. The van der Waals surface area contributed by atoms with Crippen LogP contribution in [0.4, 0.5) is 0 Å². The Morgan fingerprint density at radius 3 is 3.13 bits per heavy atom. The summed E-state index contributed by atoms with van der Waals surface area (Å²) in [6.45, 7) is 4.84. The van der Waals surface area contributed by atoms with Gasteiger partial charge in [-0.3, -0.25) is 4.79 Å². The normalized spacial score (nSPS) is 30.3. The van der Waals surface area contributed by atoms with Gasteiger partial charge in [0.25, 0.3) is 5.91 Å². The molecule has 2 aliphatic heterocycles. The van der Waals surface area contributed by atoms with Gasteiger partial charge in [0.15, 0.2) is 0 Å². The molecule has 1 aromatic rings. The number of carbonyl (C=O) groups is 1. The lowest BCUT2D eigenvalue weighted by molar-refractivity contribution is 0.00153. The van der Waals surface area contributed by atoms with E-state index in [1.807, 2.05) is 24.0 Å². The number of rotatable bonds is 4. The van der Waals surface area contributed by atoms with Crippen molar-refractivity contribution in [1.29, 1.82) is 0 Å². The SMILES string of the molecule is Cc1cccc(C(=O)N2CCC3(CC(OCC4CC4)CO3)C2)n1. The second kappa shape index (κ2) is 5.87. The first-order chi connectivity index (χ1) is 11.1. The maximum absolute atomic E-state index is 12.6. The molecule has 1 saturated carbocycles. The minimum atomic E-state index is -0.201. The van der Waals surface area contributed by atoms with Gasteiger partial charge in [-0.05, 0) is 44.2 Å². The summed E-state index contributed by atoms with van der Waals surface area (Å²) in [5.41, 5.74) is 1.20. The van der Waals surface area contributed by atoms with Gasteiger partial charge in [-0.2, -0.15) is 0 Å². The van der Waals surface area contributed by atoms with Crippen molar-refractivity contribution < 1.29 is 14.3 Å². The minimum absolute atomic E-state index is 0.0107. The number of amides is 1. The van der Waals surface area contributed by atoms with E-state index in [1.165, 1.54) is 12.8 Å². The van der Waals surface area contributed by atoms with Crippen molar-refractivity contribution in [3.05, 3.63) is 29.6 Å². The van der Waals surface area contributed by atoms with Crippen molar-refractivity contribution in [1.82, 2.24) is 9.88 Å². The molecule has 1 amide bonds. The van der Waals surface area contributed by atoms with Crippen molar-refractivity contribution in [3.63, 3.8) is 0 Å². The van der Waals surface area contributed by atoms with Gasteiger partial charge in [0.05, 0.1) is 24.9 Å². The number of aryl methyl sites for hydroxylation is 1. The molecular formula is C18H24N2O3. The summed E-state index contributed by atoms with van der Waals surface area (Å²) >= 11 is 0. The predicted molar refractivity (Wildman–Crippen MR) is 85.3 cm³/mol. The second-order valence-electron chi connectivity index (χ2n) is 7.24. The average Bonchev–Trinajstić information content (AvgIpc) is 3.17. The summed E-state index contributed by atoms with van der Waals surface area (Å²) in [7, 11) is 0. The molecule has 1 aromatic heterocycles. The molecule has 4 rings (SSSR count). The summed E-state index contributed by atoms with van der Waals surface area (Å²) in [6, 6.07) is 5.58. The molecule has 2 unspecified atom stereocenters. The third-order valence-electron chi connectivity index (χ3n) is 5.15. The first-order valence-electron chi connectivity index (χ1n) is 8.62. The van der Waals surface area contributed by atoms with Crippen LogP contribution in [0.2, 0.25) is 0 Å². The number of likely N-dealkylation sites (tertiary alicyclic amines) is 1. The predicted octanol–water partition coefficient (Wildman–Crippen LogP) is 2.19. The zero-order valence-electron chi connectivity index (χ0n) is 13.7. The molecule has 0 bridgehead atoms. The highest BCUT2D eigenvalue weighted by Gasteiger charge is 2.47. The van der Waals surface area contributed by atoms with Crippen molar-refractivity contribution >= 4 is 5.91 Å². The summed E-state index contributed by atoms with van der Waals surface area (Å²) in [5.74, 6) is 0.789. The van der Waals surface area contributed by atoms with Crippen LogP contribution in [-0.2, 0) is 9.47 Å². The Morgan fingerprint density at radius 2 is 2.35 bits per heavy atom. The lowest BCUT2D eigenvalue weighted by Gasteiger charge is -2.23. The van der Waals surface area contributed by atoms with E-state index in [1.54, 1.807) is 6.07 Å². The Hall–Kier alpha value is -1.46. The smallest absolute Gasteiger partial charge is 0.272 e. The Bertz CT molecular complexity index is 602. The van der Waals surface area contributed by atoms with Crippen LogP contribution in [0.5, 0.6) is 0 Å². The third-order valence-corrected chi connectivity index (χ3v) is 5.15. The van der Waals surface area contributed by atoms with Gasteiger partial charge >= 0.3 is 0 Å². The number of pyridine rings is 1. The van der Waals surface area contributed by atoms with Crippen molar-refractivity contribution in [2.75, 3.05) is 26.3 Å². The van der Waals surface area contributed by atoms with Gasteiger partial charge in [-0.15, -0.1) is 0 Å². The molecule has 2 atom stereocenters. The average molecular weight is 316 g/mol. The summed E-state index contributed by atoms with van der Waals surface area (Å²) in [5, 5.41) is 0. The topological polar surface area (TPSA) is 51.7 Å². The van der Waals surface area contributed by atoms with Crippen LogP contribution in [0.3, 0.4) is 0 Å². The molecule has 1 aliphatic carbocycles. The van der Waals surface area contributed by atoms with Crippen LogP contribution in [0.1, 0.15) is 41.9 Å². The highest BCUT2D eigenvalue weighted by molar-refractivity contribution is 5.92. The first-order valence-corrected chi connectivity index (χ1v) is 8.62. The number of nitrogens with zero attached hydrogens (tertiary/aromatic N) is 2. The molecule has 0 N–H and O–H groups in total. The Morgan fingerprint density at radius 1 is 1.48 bits per heavy atom. The summed E-state index contributed by atoms with van der Waals surface area (Å²) in [4.78, 5) is 18.8. The molecule has 3 aliphatic rings. The summed E-state index contributed by atoms with van der Waals surface area (Å²) < 4.78 is 12.0. The Kier molecular flexibility index (Phi) is 3.85. The van der Waals surface area contributed by atoms with E-state index >= 15 is 0 Å². The molecule has 2 saturated heterocycles. The van der Waals surface area contributed by atoms with Crippen LogP contribution < -0.4 is 0 Å². The van der Waals surface area contributed by atoms with Gasteiger partial charge in [0, 0.05) is 25.3 Å². The molecule has 0 radical (unpaired) electrons. The Balaban J connectivity index is 1.36. The van der Waals surface area contributed by atoms with E-state index in [0.717, 1.165) is 37.6 Å². The molecule has 124 valence electrons. The van der Waals surface area contributed by atoms with Crippen LogP contribution in [-0.4, -0.2) is 53.8 Å².